The topological polar surface area (TPSA) is 54.0 Å². The first-order valence-electron chi connectivity index (χ1n) is 8.20. The number of amides is 1. The van der Waals surface area contributed by atoms with Crippen molar-refractivity contribution in [2.75, 3.05) is 5.43 Å². The maximum atomic E-state index is 12.4. The second-order valence-corrected chi connectivity index (χ2v) is 6.15. The van der Waals surface area contributed by atoms with E-state index >= 15 is 0 Å². The maximum absolute atomic E-state index is 12.4. The van der Waals surface area contributed by atoms with Crippen LogP contribution in [-0.4, -0.2) is 10.9 Å². The second kappa shape index (κ2) is 7.18. The number of rotatable bonds is 4. The van der Waals surface area contributed by atoms with Gasteiger partial charge in [-0.1, -0.05) is 23.8 Å². The molecular formula is C21H21N3O. The molecule has 0 saturated heterocycles. The molecule has 2 aromatic carbocycles. The highest BCUT2D eigenvalue weighted by Crippen LogP contribution is 2.29. The Morgan fingerprint density at radius 3 is 2.44 bits per heavy atom. The summed E-state index contributed by atoms with van der Waals surface area (Å²) >= 11 is 0. The van der Waals surface area contributed by atoms with Crippen LogP contribution in [0.2, 0.25) is 0 Å². The first-order chi connectivity index (χ1) is 12.0. The van der Waals surface area contributed by atoms with Crippen LogP contribution in [0.3, 0.4) is 0 Å². The van der Waals surface area contributed by atoms with Crippen molar-refractivity contribution in [3.05, 3.63) is 83.0 Å². The van der Waals surface area contributed by atoms with E-state index in [1.54, 1.807) is 12.3 Å². The van der Waals surface area contributed by atoms with Crippen molar-refractivity contribution in [1.82, 2.24) is 10.4 Å². The minimum atomic E-state index is -0.172. The first kappa shape index (κ1) is 16.7. The monoisotopic (exact) mass is 331 g/mol. The summed E-state index contributed by atoms with van der Waals surface area (Å²) in [7, 11) is 0. The van der Waals surface area contributed by atoms with E-state index in [1.807, 2.05) is 56.3 Å². The van der Waals surface area contributed by atoms with Crippen molar-refractivity contribution in [3.63, 3.8) is 0 Å². The maximum Gasteiger partial charge on any atom is 0.269 e. The van der Waals surface area contributed by atoms with E-state index in [2.05, 4.69) is 28.8 Å². The molecule has 0 spiro atoms. The molecule has 0 aliphatic carbocycles. The number of carbonyl (C=O) groups is 1. The van der Waals surface area contributed by atoms with E-state index in [1.165, 1.54) is 5.56 Å². The van der Waals surface area contributed by atoms with Gasteiger partial charge in [0.25, 0.3) is 5.91 Å². The number of hydrogen-bond donors (Lipinski definition) is 2. The number of benzene rings is 2. The molecule has 3 aromatic rings. The van der Waals surface area contributed by atoms with Crippen molar-refractivity contribution in [2.24, 2.45) is 0 Å². The lowest BCUT2D eigenvalue weighted by atomic mass is 10.0. The number of carbonyl (C=O) groups excluding carboxylic acids is 1. The Labute approximate surface area is 147 Å². The Morgan fingerprint density at radius 2 is 1.72 bits per heavy atom. The van der Waals surface area contributed by atoms with Crippen molar-refractivity contribution < 1.29 is 4.79 Å². The fourth-order valence-corrected chi connectivity index (χ4v) is 2.64. The van der Waals surface area contributed by atoms with Gasteiger partial charge in [-0.15, -0.1) is 0 Å². The summed E-state index contributed by atoms with van der Waals surface area (Å²) in [6, 6.07) is 17.4. The molecule has 3 rings (SSSR count). The van der Waals surface area contributed by atoms with Crippen LogP contribution in [0.4, 0.5) is 5.69 Å². The SMILES string of the molecule is Cc1cccc(C(=O)NNc2cc(C)c(C)cc2-c2ccccn2)c1. The third-order valence-corrected chi connectivity index (χ3v) is 4.17. The number of nitrogens with one attached hydrogen (secondary N) is 2. The molecule has 1 aromatic heterocycles. The Morgan fingerprint density at radius 1 is 0.920 bits per heavy atom. The smallest absolute Gasteiger partial charge is 0.269 e. The predicted molar refractivity (Wildman–Crippen MR) is 101 cm³/mol. The lowest BCUT2D eigenvalue weighted by molar-refractivity contribution is 0.0962. The van der Waals surface area contributed by atoms with Gasteiger partial charge in [0.1, 0.15) is 0 Å². The Kier molecular flexibility index (Phi) is 4.80. The van der Waals surface area contributed by atoms with Crippen molar-refractivity contribution >= 4 is 11.6 Å². The zero-order valence-corrected chi connectivity index (χ0v) is 14.6. The highest BCUT2D eigenvalue weighted by atomic mass is 16.2. The van der Waals surface area contributed by atoms with Gasteiger partial charge < -0.3 is 0 Å². The summed E-state index contributed by atoms with van der Waals surface area (Å²) in [4.78, 5) is 16.8. The number of anilines is 1. The number of pyridine rings is 1. The van der Waals surface area contributed by atoms with Crippen molar-refractivity contribution in [3.8, 4) is 11.3 Å². The zero-order chi connectivity index (χ0) is 17.8. The third-order valence-electron chi connectivity index (χ3n) is 4.17. The quantitative estimate of drug-likeness (QED) is 0.695. The van der Waals surface area contributed by atoms with Crippen LogP contribution in [-0.2, 0) is 0 Å². The van der Waals surface area contributed by atoms with Gasteiger partial charge in [0.05, 0.1) is 11.4 Å². The molecule has 0 fully saturated rings. The van der Waals surface area contributed by atoms with Gasteiger partial charge in [-0.25, -0.2) is 0 Å². The minimum absolute atomic E-state index is 0.172. The number of hydrogen-bond acceptors (Lipinski definition) is 3. The molecule has 0 aliphatic heterocycles. The van der Waals surface area contributed by atoms with Crippen LogP contribution in [0.1, 0.15) is 27.0 Å². The van der Waals surface area contributed by atoms with E-state index < -0.39 is 0 Å². The van der Waals surface area contributed by atoms with Crippen LogP contribution < -0.4 is 10.9 Å². The summed E-state index contributed by atoms with van der Waals surface area (Å²) in [5.41, 5.74) is 12.5. The summed E-state index contributed by atoms with van der Waals surface area (Å²) in [5.74, 6) is -0.172. The van der Waals surface area contributed by atoms with Crippen molar-refractivity contribution in [2.45, 2.75) is 20.8 Å². The van der Waals surface area contributed by atoms with E-state index in [4.69, 9.17) is 0 Å². The summed E-state index contributed by atoms with van der Waals surface area (Å²) < 4.78 is 0. The van der Waals surface area contributed by atoms with E-state index in [9.17, 15) is 4.79 Å². The summed E-state index contributed by atoms with van der Waals surface area (Å²) in [5, 5.41) is 0. The highest BCUT2D eigenvalue weighted by Gasteiger charge is 2.11. The largest absolute Gasteiger partial charge is 0.298 e. The molecular weight excluding hydrogens is 310 g/mol. The Bertz CT molecular complexity index is 904. The van der Waals surface area contributed by atoms with Gasteiger partial charge in [-0.2, -0.15) is 0 Å². The molecule has 4 heteroatoms. The fourth-order valence-electron chi connectivity index (χ4n) is 2.64. The Hall–Kier alpha value is -3.14. The standard InChI is InChI=1S/C21H21N3O/c1-14-7-6-8-17(11-14)21(25)24-23-20-13-16(3)15(2)12-18(20)19-9-4-5-10-22-19/h4-13,23H,1-3H3,(H,24,25). The fraction of sp³-hybridized carbons (Fsp3) is 0.143. The molecule has 0 bridgehead atoms. The van der Waals surface area contributed by atoms with Gasteiger partial charge in [0.15, 0.2) is 0 Å². The third kappa shape index (κ3) is 3.86. The molecule has 25 heavy (non-hydrogen) atoms. The van der Waals surface area contributed by atoms with Crippen LogP contribution in [0.25, 0.3) is 11.3 Å². The van der Waals surface area contributed by atoms with Crippen LogP contribution in [0.5, 0.6) is 0 Å². The number of nitrogens with zero attached hydrogens (tertiary/aromatic N) is 1. The molecule has 0 aliphatic rings. The molecule has 126 valence electrons. The highest BCUT2D eigenvalue weighted by molar-refractivity contribution is 5.95. The number of aryl methyl sites for hydroxylation is 3. The van der Waals surface area contributed by atoms with Gasteiger partial charge in [-0.05, 0) is 68.3 Å². The zero-order valence-electron chi connectivity index (χ0n) is 14.6. The van der Waals surface area contributed by atoms with E-state index in [0.717, 1.165) is 28.1 Å². The lowest BCUT2D eigenvalue weighted by Crippen LogP contribution is -2.29. The van der Waals surface area contributed by atoms with Gasteiger partial charge in [0, 0.05) is 17.3 Å². The average Bonchev–Trinajstić information content (AvgIpc) is 2.63. The first-order valence-corrected chi connectivity index (χ1v) is 8.20. The van der Waals surface area contributed by atoms with Crippen LogP contribution >= 0.6 is 0 Å². The van der Waals surface area contributed by atoms with Crippen LogP contribution in [0, 0.1) is 20.8 Å². The normalized spacial score (nSPS) is 10.4. The molecule has 0 radical (unpaired) electrons. The van der Waals surface area contributed by atoms with E-state index in [-0.39, 0.29) is 5.91 Å². The molecule has 0 unspecified atom stereocenters. The lowest BCUT2D eigenvalue weighted by Gasteiger charge is -2.15. The molecule has 4 nitrogen and oxygen atoms in total. The number of aromatic nitrogens is 1. The molecule has 1 heterocycles. The second-order valence-electron chi connectivity index (χ2n) is 6.15. The molecule has 1 amide bonds. The van der Waals surface area contributed by atoms with Gasteiger partial charge in [-0.3, -0.25) is 20.6 Å². The Balaban J connectivity index is 1.87. The molecule has 2 N–H and O–H groups in total. The van der Waals surface area contributed by atoms with Crippen LogP contribution in [0.15, 0.2) is 60.8 Å². The molecule has 0 atom stereocenters. The number of hydrazine groups is 1. The minimum Gasteiger partial charge on any atom is -0.298 e. The summed E-state index contributed by atoms with van der Waals surface area (Å²) in [6.45, 7) is 6.08. The van der Waals surface area contributed by atoms with Gasteiger partial charge >= 0.3 is 0 Å². The van der Waals surface area contributed by atoms with Gasteiger partial charge in [0.2, 0.25) is 0 Å². The molecule has 0 saturated carbocycles. The average molecular weight is 331 g/mol. The van der Waals surface area contributed by atoms with Crippen molar-refractivity contribution in [1.29, 1.82) is 0 Å². The predicted octanol–water partition coefficient (Wildman–Crippen LogP) is 4.43. The summed E-state index contributed by atoms with van der Waals surface area (Å²) in [6.07, 6.45) is 1.76. The van der Waals surface area contributed by atoms with E-state index in [0.29, 0.717) is 5.56 Å².